The monoisotopic (exact) mass is 330 g/mol. The van der Waals surface area contributed by atoms with Crippen molar-refractivity contribution in [2.75, 3.05) is 6.26 Å². The molecule has 2 aromatic rings. The molecule has 0 spiro atoms. The predicted octanol–water partition coefficient (Wildman–Crippen LogP) is 3.48. The van der Waals surface area contributed by atoms with Gasteiger partial charge in [-0.3, -0.25) is 0 Å². The third-order valence-corrected chi connectivity index (χ3v) is 4.58. The fourth-order valence-electron chi connectivity index (χ4n) is 1.80. The van der Waals surface area contributed by atoms with Gasteiger partial charge in [0, 0.05) is 21.9 Å². The number of rotatable bonds is 3. The van der Waals surface area contributed by atoms with E-state index in [4.69, 9.17) is 23.2 Å². The Hall–Kier alpha value is -1.07. The maximum Gasteiger partial charge on any atom is 0.175 e. The van der Waals surface area contributed by atoms with Gasteiger partial charge in [-0.2, -0.15) is 0 Å². The van der Waals surface area contributed by atoms with Gasteiger partial charge in [0.25, 0.3) is 0 Å². The molecular weight excluding hydrogens is 319 g/mol. The maximum atomic E-state index is 11.4. The number of benzene rings is 2. The van der Waals surface area contributed by atoms with E-state index in [0.717, 1.165) is 6.26 Å². The molecule has 106 valence electrons. The highest BCUT2D eigenvalue weighted by Crippen LogP contribution is 2.30. The third-order valence-electron chi connectivity index (χ3n) is 2.88. The molecule has 0 aliphatic heterocycles. The SMILES string of the molecule is CS(=O)(=O)c1ccc(C(O)c2cc(Cl)ccc2Cl)cc1. The van der Waals surface area contributed by atoms with Crippen molar-refractivity contribution >= 4 is 33.0 Å². The minimum atomic E-state index is -3.25. The van der Waals surface area contributed by atoms with Crippen LogP contribution in [0.3, 0.4) is 0 Å². The zero-order valence-corrected chi connectivity index (χ0v) is 12.9. The first-order valence-electron chi connectivity index (χ1n) is 5.72. The Kier molecular flexibility index (Phi) is 4.39. The van der Waals surface area contributed by atoms with Crippen molar-refractivity contribution < 1.29 is 13.5 Å². The van der Waals surface area contributed by atoms with Crippen LogP contribution in [0.4, 0.5) is 0 Å². The molecule has 1 N–H and O–H groups in total. The first-order valence-corrected chi connectivity index (χ1v) is 8.37. The van der Waals surface area contributed by atoms with Crippen LogP contribution >= 0.6 is 23.2 Å². The average molecular weight is 331 g/mol. The third kappa shape index (κ3) is 3.33. The van der Waals surface area contributed by atoms with E-state index in [1.54, 1.807) is 30.3 Å². The second-order valence-corrected chi connectivity index (χ2v) is 7.27. The minimum absolute atomic E-state index is 0.200. The molecule has 0 saturated carbocycles. The highest BCUT2D eigenvalue weighted by molar-refractivity contribution is 7.90. The highest BCUT2D eigenvalue weighted by atomic mass is 35.5. The van der Waals surface area contributed by atoms with E-state index in [0.29, 0.717) is 21.2 Å². The summed E-state index contributed by atoms with van der Waals surface area (Å²) in [5.41, 5.74) is 1.02. The second kappa shape index (κ2) is 5.74. The van der Waals surface area contributed by atoms with Crippen LogP contribution in [-0.4, -0.2) is 19.8 Å². The summed E-state index contributed by atoms with van der Waals surface area (Å²) in [5.74, 6) is 0. The summed E-state index contributed by atoms with van der Waals surface area (Å²) >= 11 is 11.9. The van der Waals surface area contributed by atoms with Gasteiger partial charge < -0.3 is 5.11 Å². The summed E-state index contributed by atoms with van der Waals surface area (Å²) in [6, 6.07) is 10.8. The molecule has 0 fully saturated rings. The summed E-state index contributed by atoms with van der Waals surface area (Å²) < 4.78 is 22.8. The van der Waals surface area contributed by atoms with Gasteiger partial charge in [0.1, 0.15) is 6.10 Å². The van der Waals surface area contributed by atoms with E-state index in [1.807, 2.05) is 0 Å². The van der Waals surface area contributed by atoms with Crippen LogP contribution in [0.15, 0.2) is 47.4 Å². The molecule has 3 nitrogen and oxygen atoms in total. The molecule has 0 bridgehead atoms. The molecule has 6 heteroatoms. The van der Waals surface area contributed by atoms with Gasteiger partial charge in [0.2, 0.25) is 0 Å². The average Bonchev–Trinajstić information content (AvgIpc) is 2.40. The molecular formula is C14H12Cl2O3S. The number of hydrogen-bond donors (Lipinski definition) is 1. The number of hydrogen-bond acceptors (Lipinski definition) is 3. The van der Waals surface area contributed by atoms with Gasteiger partial charge in [-0.25, -0.2) is 8.42 Å². The predicted molar refractivity (Wildman–Crippen MR) is 80.1 cm³/mol. The molecule has 1 unspecified atom stereocenters. The summed E-state index contributed by atoms with van der Waals surface area (Å²) in [4.78, 5) is 0.200. The number of sulfone groups is 1. The van der Waals surface area contributed by atoms with E-state index >= 15 is 0 Å². The largest absolute Gasteiger partial charge is 0.384 e. The molecule has 0 saturated heterocycles. The molecule has 0 aliphatic carbocycles. The molecule has 2 rings (SSSR count). The molecule has 0 heterocycles. The Bertz CT molecular complexity index is 725. The lowest BCUT2D eigenvalue weighted by Gasteiger charge is -2.14. The summed E-state index contributed by atoms with van der Waals surface area (Å²) in [7, 11) is -3.25. The van der Waals surface area contributed by atoms with Crippen molar-refractivity contribution in [3.05, 3.63) is 63.6 Å². The molecule has 0 aromatic heterocycles. The van der Waals surface area contributed by atoms with Gasteiger partial charge in [0.05, 0.1) is 4.90 Å². The van der Waals surface area contributed by atoms with E-state index in [-0.39, 0.29) is 4.90 Å². The van der Waals surface area contributed by atoms with Gasteiger partial charge >= 0.3 is 0 Å². The topological polar surface area (TPSA) is 54.4 Å². The maximum absolute atomic E-state index is 11.4. The summed E-state index contributed by atoms with van der Waals surface area (Å²) in [6.07, 6.45) is 0.168. The van der Waals surface area contributed by atoms with E-state index in [2.05, 4.69) is 0 Å². The van der Waals surface area contributed by atoms with E-state index in [1.165, 1.54) is 12.1 Å². The fraction of sp³-hybridized carbons (Fsp3) is 0.143. The molecule has 0 radical (unpaired) electrons. The smallest absolute Gasteiger partial charge is 0.175 e. The molecule has 0 amide bonds. The molecule has 0 aliphatic rings. The van der Waals surface area contributed by atoms with Crippen molar-refractivity contribution in [1.29, 1.82) is 0 Å². The summed E-state index contributed by atoms with van der Waals surface area (Å²) in [6.45, 7) is 0. The Morgan fingerprint density at radius 3 is 2.20 bits per heavy atom. The van der Waals surface area contributed by atoms with Crippen molar-refractivity contribution in [2.24, 2.45) is 0 Å². The second-order valence-electron chi connectivity index (χ2n) is 4.41. The van der Waals surface area contributed by atoms with Crippen LogP contribution in [-0.2, 0) is 9.84 Å². The fourth-order valence-corrected chi connectivity index (χ4v) is 2.83. The highest BCUT2D eigenvalue weighted by Gasteiger charge is 2.15. The first-order chi connectivity index (χ1) is 9.29. The van der Waals surface area contributed by atoms with Crippen LogP contribution in [0.1, 0.15) is 17.2 Å². The minimum Gasteiger partial charge on any atom is -0.384 e. The van der Waals surface area contributed by atoms with Gasteiger partial charge in [-0.15, -0.1) is 0 Å². The standard InChI is InChI=1S/C14H12Cl2O3S/c1-20(18,19)11-5-2-9(3-6-11)14(17)12-8-10(15)4-7-13(12)16/h2-8,14,17H,1H3. The first kappa shape index (κ1) is 15.3. The van der Waals surface area contributed by atoms with Crippen LogP contribution in [0.5, 0.6) is 0 Å². The number of aliphatic hydroxyl groups is 1. The lowest BCUT2D eigenvalue weighted by atomic mass is 10.0. The quantitative estimate of drug-likeness (QED) is 0.937. The lowest BCUT2D eigenvalue weighted by molar-refractivity contribution is 0.220. The lowest BCUT2D eigenvalue weighted by Crippen LogP contribution is -2.02. The van der Waals surface area contributed by atoms with Crippen LogP contribution < -0.4 is 0 Å². The summed E-state index contributed by atoms with van der Waals surface area (Å²) in [5, 5.41) is 11.2. The van der Waals surface area contributed by atoms with Crippen molar-refractivity contribution in [3.8, 4) is 0 Å². The van der Waals surface area contributed by atoms with Crippen molar-refractivity contribution in [1.82, 2.24) is 0 Å². The zero-order valence-electron chi connectivity index (χ0n) is 10.5. The Morgan fingerprint density at radius 1 is 1.05 bits per heavy atom. The van der Waals surface area contributed by atoms with Crippen LogP contribution in [0.2, 0.25) is 10.0 Å². The van der Waals surface area contributed by atoms with E-state index < -0.39 is 15.9 Å². The normalized spacial score (nSPS) is 13.2. The molecule has 1 atom stereocenters. The van der Waals surface area contributed by atoms with Crippen molar-refractivity contribution in [2.45, 2.75) is 11.0 Å². The number of aliphatic hydroxyl groups excluding tert-OH is 1. The zero-order chi connectivity index (χ0) is 14.9. The Labute approximate surface area is 127 Å². The Balaban J connectivity index is 2.39. The van der Waals surface area contributed by atoms with Crippen LogP contribution in [0.25, 0.3) is 0 Å². The van der Waals surface area contributed by atoms with Gasteiger partial charge in [-0.05, 0) is 35.9 Å². The van der Waals surface area contributed by atoms with Crippen LogP contribution in [0, 0.1) is 0 Å². The van der Waals surface area contributed by atoms with Crippen molar-refractivity contribution in [3.63, 3.8) is 0 Å². The van der Waals surface area contributed by atoms with Gasteiger partial charge in [0.15, 0.2) is 9.84 Å². The van der Waals surface area contributed by atoms with E-state index in [9.17, 15) is 13.5 Å². The molecule has 20 heavy (non-hydrogen) atoms. The van der Waals surface area contributed by atoms with Gasteiger partial charge in [-0.1, -0.05) is 35.3 Å². The number of halogens is 2. The Morgan fingerprint density at radius 2 is 1.65 bits per heavy atom. The molecule has 2 aromatic carbocycles.